The van der Waals surface area contributed by atoms with Gasteiger partial charge in [-0.2, -0.15) is 0 Å². The van der Waals surface area contributed by atoms with Crippen LogP contribution in [0.15, 0.2) is 30.3 Å². The summed E-state index contributed by atoms with van der Waals surface area (Å²) in [7, 11) is 0. The van der Waals surface area contributed by atoms with Gasteiger partial charge < -0.3 is 15.0 Å². The Hall–Kier alpha value is -1.71. The first-order valence-electron chi connectivity index (χ1n) is 7.21. The molecule has 1 N–H and O–H groups in total. The van der Waals surface area contributed by atoms with Crippen LogP contribution in [0.1, 0.15) is 27.2 Å². The summed E-state index contributed by atoms with van der Waals surface area (Å²) in [5.41, 5.74) is 0.709. The lowest BCUT2D eigenvalue weighted by molar-refractivity contribution is 0.0289. The minimum Gasteiger partial charge on any atom is -0.444 e. The molecule has 20 heavy (non-hydrogen) atoms. The Kier molecular flexibility index (Phi) is 4.53. The zero-order chi connectivity index (χ0) is 14.6. The highest BCUT2D eigenvalue weighted by molar-refractivity contribution is 5.68. The molecule has 110 valence electrons. The number of nitrogens with one attached hydrogen (secondary N) is 1. The molecule has 0 aliphatic carbocycles. The monoisotopic (exact) mass is 276 g/mol. The zero-order valence-corrected chi connectivity index (χ0v) is 12.6. The molecule has 1 fully saturated rings. The Balaban J connectivity index is 1.76. The van der Waals surface area contributed by atoms with Crippen LogP contribution in [0.4, 0.5) is 10.5 Å². The number of nitrogens with zero attached hydrogens (tertiary/aromatic N) is 1. The number of ether oxygens (including phenoxy) is 1. The van der Waals surface area contributed by atoms with Crippen molar-refractivity contribution in [2.75, 3.05) is 25.0 Å². The Bertz CT molecular complexity index is 440. The third kappa shape index (κ3) is 4.44. The van der Waals surface area contributed by atoms with E-state index in [4.69, 9.17) is 4.74 Å². The molecule has 4 heteroatoms. The third-order valence-corrected chi connectivity index (χ3v) is 3.31. The molecular weight excluding hydrogens is 252 g/mol. The molecule has 1 unspecified atom stereocenters. The minimum atomic E-state index is -0.419. The molecule has 0 bridgehead atoms. The van der Waals surface area contributed by atoms with Gasteiger partial charge in [0.1, 0.15) is 5.60 Å². The van der Waals surface area contributed by atoms with E-state index in [1.54, 1.807) is 0 Å². The highest BCUT2D eigenvalue weighted by Gasteiger charge is 2.29. The highest BCUT2D eigenvalue weighted by Crippen LogP contribution is 2.20. The van der Waals surface area contributed by atoms with Crippen LogP contribution in [0.25, 0.3) is 0 Å². The Morgan fingerprint density at radius 2 is 2.05 bits per heavy atom. The van der Waals surface area contributed by atoms with Crippen LogP contribution >= 0.6 is 0 Å². The van der Waals surface area contributed by atoms with Crippen LogP contribution in [0.2, 0.25) is 0 Å². The van der Waals surface area contributed by atoms with Gasteiger partial charge in [-0.15, -0.1) is 0 Å². The van der Waals surface area contributed by atoms with Crippen molar-refractivity contribution in [3.05, 3.63) is 30.3 Å². The summed E-state index contributed by atoms with van der Waals surface area (Å²) in [4.78, 5) is 13.8. The van der Waals surface area contributed by atoms with E-state index in [2.05, 4.69) is 17.4 Å². The van der Waals surface area contributed by atoms with E-state index in [1.807, 2.05) is 43.9 Å². The van der Waals surface area contributed by atoms with Crippen LogP contribution in [0.3, 0.4) is 0 Å². The molecule has 2 rings (SSSR count). The van der Waals surface area contributed by atoms with Crippen molar-refractivity contribution < 1.29 is 9.53 Å². The molecule has 0 spiro atoms. The highest BCUT2D eigenvalue weighted by atomic mass is 16.6. The second kappa shape index (κ2) is 6.16. The fourth-order valence-electron chi connectivity index (χ4n) is 2.31. The zero-order valence-electron chi connectivity index (χ0n) is 12.6. The first kappa shape index (κ1) is 14.7. The number of anilines is 1. The van der Waals surface area contributed by atoms with Gasteiger partial charge in [-0.1, -0.05) is 18.2 Å². The molecule has 0 saturated carbocycles. The van der Waals surface area contributed by atoms with Crippen molar-refractivity contribution in [3.63, 3.8) is 0 Å². The fraction of sp³-hybridized carbons (Fsp3) is 0.562. The molecular formula is C16H24N2O2. The predicted octanol–water partition coefficient (Wildman–Crippen LogP) is 3.36. The number of likely N-dealkylation sites (tertiary alicyclic amines) is 1. The summed E-state index contributed by atoms with van der Waals surface area (Å²) in [6, 6.07) is 10.2. The molecule has 1 aromatic carbocycles. The molecule has 1 saturated heterocycles. The largest absolute Gasteiger partial charge is 0.444 e. The number of amides is 1. The van der Waals surface area contributed by atoms with E-state index in [9.17, 15) is 4.79 Å². The summed E-state index contributed by atoms with van der Waals surface area (Å²) in [6.07, 6.45) is 0.832. The number of benzene rings is 1. The van der Waals surface area contributed by atoms with Crippen LogP contribution in [-0.2, 0) is 4.74 Å². The maximum atomic E-state index is 12.0. The molecule has 1 heterocycles. The van der Waals surface area contributed by atoms with Gasteiger partial charge in [0.2, 0.25) is 0 Å². The summed E-state index contributed by atoms with van der Waals surface area (Å²) in [5.74, 6) is 0.489. The molecule has 1 amide bonds. The number of carbonyl (C=O) groups is 1. The van der Waals surface area contributed by atoms with Gasteiger partial charge >= 0.3 is 6.09 Å². The van der Waals surface area contributed by atoms with Gasteiger partial charge in [-0.3, -0.25) is 0 Å². The van der Waals surface area contributed by atoms with E-state index < -0.39 is 5.60 Å². The van der Waals surface area contributed by atoms with Crippen molar-refractivity contribution in [3.8, 4) is 0 Å². The van der Waals surface area contributed by atoms with E-state index in [0.29, 0.717) is 5.92 Å². The first-order chi connectivity index (χ1) is 9.44. The molecule has 1 aliphatic rings. The van der Waals surface area contributed by atoms with Crippen LogP contribution in [0.5, 0.6) is 0 Å². The van der Waals surface area contributed by atoms with E-state index in [-0.39, 0.29) is 6.09 Å². The second-order valence-electron chi connectivity index (χ2n) is 6.33. The second-order valence-corrected chi connectivity index (χ2v) is 6.33. The maximum Gasteiger partial charge on any atom is 0.410 e. The first-order valence-corrected chi connectivity index (χ1v) is 7.21. The van der Waals surface area contributed by atoms with Crippen molar-refractivity contribution in [1.82, 2.24) is 4.90 Å². The lowest BCUT2D eigenvalue weighted by Crippen LogP contribution is -2.35. The maximum absolute atomic E-state index is 12.0. The quantitative estimate of drug-likeness (QED) is 0.920. The van der Waals surface area contributed by atoms with E-state index >= 15 is 0 Å². The molecule has 0 radical (unpaired) electrons. The van der Waals surface area contributed by atoms with Crippen molar-refractivity contribution >= 4 is 11.8 Å². The van der Waals surface area contributed by atoms with Gasteiger partial charge in [-0.05, 0) is 45.2 Å². The van der Waals surface area contributed by atoms with E-state index in [0.717, 1.165) is 31.7 Å². The normalized spacial score (nSPS) is 18.9. The lowest BCUT2D eigenvalue weighted by Gasteiger charge is -2.24. The Morgan fingerprint density at radius 1 is 1.35 bits per heavy atom. The van der Waals surface area contributed by atoms with Gasteiger partial charge in [0.05, 0.1) is 0 Å². The number of rotatable bonds is 3. The average Bonchev–Trinajstić information content (AvgIpc) is 2.84. The van der Waals surface area contributed by atoms with Crippen molar-refractivity contribution in [1.29, 1.82) is 0 Å². The summed E-state index contributed by atoms with van der Waals surface area (Å²) >= 11 is 0. The SMILES string of the molecule is CC(C)(C)OC(=O)N1CCC(CNc2ccccc2)C1. The van der Waals surface area contributed by atoms with Crippen LogP contribution in [-0.4, -0.2) is 36.2 Å². The van der Waals surface area contributed by atoms with E-state index in [1.165, 1.54) is 0 Å². The van der Waals surface area contributed by atoms with Gasteiger partial charge in [-0.25, -0.2) is 4.79 Å². The standard InChI is InChI=1S/C16H24N2O2/c1-16(2,3)20-15(19)18-10-9-13(12-18)11-17-14-7-5-4-6-8-14/h4-8,13,17H,9-12H2,1-3H3. The smallest absolute Gasteiger partial charge is 0.410 e. The Morgan fingerprint density at radius 3 is 2.70 bits per heavy atom. The predicted molar refractivity (Wildman–Crippen MR) is 80.8 cm³/mol. The Labute approximate surface area is 121 Å². The van der Waals surface area contributed by atoms with Crippen LogP contribution < -0.4 is 5.32 Å². The van der Waals surface area contributed by atoms with Gasteiger partial charge in [0.15, 0.2) is 0 Å². The number of hydrogen-bond acceptors (Lipinski definition) is 3. The molecule has 1 atom stereocenters. The average molecular weight is 276 g/mol. The minimum absolute atomic E-state index is 0.195. The number of hydrogen-bond donors (Lipinski definition) is 1. The topological polar surface area (TPSA) is 41.6 Å². The van der Waals surface area contributed by atoms with Gasteiger partial charge in [0, 0.05) is 25.3 Å². The summed E-state index contributed by atoms with van der Waals surface area (Å²) in [6.45, 7) is 8.15. The fourth-order valence-corrected chi connectivity index (χ4v) is 2.31. The van der Waals surface area contributed by atoms with Gasteiger partial charge in [0.25, 0.3) is 0 Å². The third-order valence-electron chi connectivity index (χ3n) is 3.31. The lowest BCUT2D eigenvalue weighted by atomic mass is 10.1. The number of carbonyl (C=O) groups excluding carboxylic acids is 1. The molecule has 1 aliphatic heterocycles. The molecule has 0 aromatic heterocycles. The van der Waals surface area contributed by atoms with Crippen LogP contribution in [0, 0.1) is 5.92 Å². The summed E-state index contributed by atoms with van der Waals surface area (Å²) < 4.78 is 5.40. The number of para-hydroxylation sites is 1. The molecule has 1 aromatic rings. The van der Waals surface area contributed by atoms with Crippen molar-refractivity contribution in [2.24, 2.45) is 5.92 Å². The summed E-state index contributed by atoms with van der Waals surface area (Å²) in [5, 5.41) is 3.42. The molecule has 4 nitrogen and oxygen atoms in total. The van der Waals surface area contributed by atoms with Crippen molar-refractivity contribution in [2.45, 2.75) is 32.8 Å².